The number of rotatable bonds is 9. The molecule has 1 unspecified atom stereocenters. The molecule has 1 aromatic heterocycles. The van der Waals surface area contributed by atoms with E-state index < -0.39 is 0 Å². The summed E-state index contributed by atoms with van der Waals surface area (Å²) in [6, 6.07) is 11.0. The van der Waals surface area contributed by atoms with Crippen LogP contribution < -0.4 is 25.4 Å². The van der Waals surface area contributed by atoms with Gasteiger partial charge in [0.15, 0.2) is 17.5 Å². The molecule has 0 saturated carbocycles. The van der Waals surface area contributed by atoms with Crippen molar-refractivity contribution >= 4 is 41.5 Å². The number of amides is 1. The quantitative estimate of drug-likeness (QED) is 0.271. The molecule has 0 fully saturated rings. The zero-order valence-electron chi connectivity index (χ0n) is 16.8. The molecule has 1 amide bonds. The number of carbonyl (C=O) groups excluding carboxylic acids is 1. The molecule has 0 saturated heterocycles. The first-order chi connectivity index (χ1) is 13.6. The molecule has 0 aliphatic rings. The molecular weight excluding hydrogens is 485 g/mol. The van der Waals surface area contributed by atoms with Crippen LogP contribution in [0.1, 0.15) is 13.8 Å². The minimum atomic E-state index is -0.219. The van der Waals surface area contributed by atoms with E-state index >= 15 is 0 Å². The molecule has 3 N–H and O–H groups in total. The first kappa shape index (κ1) is 24.5. The molecule has 29 heavy (non-hydrogen) atoms. The van der Waals surface area contributed by atoms with Gasteiger partial charge in [0.1, 0.15) is 12.6 Å². The second-order valence-corrected chi connectivity index (χ2v) is 5.95. The Balaban J connectivity index is 0.00000420. The number of para-hydroxylation sites is 2. The van der Waals surface area contributed by atoms with E-state index in [4.69, 9.17) is 9.47 Å². The van der Waals surface area contributed by atoms with E-state index in [-0.39, 0.29) is 42.5 Å². The van der Waals surface area contributed by atoms with Gasteiger partial charge in [0, 0.05) is 12.7 Å². The Bertz CT molecular complexity index is 774. The molecule has 0 bridgehead atoms. The Labute approximate surface area is 188 Å². The van der Waals surface area contributed by atoms with Crippen molar-refractivity contribution in [3.63, 3.8) is 0 Å². The second kappa shape index (κ2) is 13.6. The number of pyridine rings is 1. The lowest BCUT2D eigenvalue weighted by atomic mass is 10.3. The van der Waals surface area contributed by atoms with Crippen molar-refractivity contribution in [2.45, 2.75) is 20.0 Å². The van der Waals surface area contributed by atoms with Crippen LogP contribution in [0.5, 0.6) is 11.5 Å². The fourth-order valence-electron chi connectivity index (χ4n) is 2.34. The van der Waals surface area contributed by atoms with Gasteiger partial charge in [-0.25, -0.2) is 4.99 Å². The Hall–Kier alpha value is -2.56. The monoisotopic (exact) mass is 513 g/mol. The van der Waals surface area contributed by atoms with Crippen LogP contribution in [-0.4, -0.2) is 49.7 Å². The van der Waals surface area contributed by atoms with Gasteiger partial charge in [0.05, 0.1) is 25.5 Å². The number of carbonyl (C=O) groups is 1. The van der Waals surface area contributed by atoms with Crippen LogP contribution in [0, 0.1) is 0 Å². The first-order valence-corrected chi connectivity index (χ1v) is 9.14. The Kier molecular flexibility index (Phi) is 11.5. The number of halogens is 1. The molecular formula is C20H28IN5O3. The number of hydrogen-bond acceptors (Lipinski definition) is 5. The molecule has 1 heterocycles. The van der Waals surface area contributed by atoms with Gasteiger partial charge in [-0.2, -0.15) is 0 Å². The van der Waals surface area contributed by atoms with Gasteiger partial charge in [-0.05, 0) is 38.1 Å². The standard InChI is InChI=1S/C20H27N5O3.HI/c1-4-22-20(24-14-19(26)25-16-8-7-11-21-13-16)23-12-15(2)28-18-10-6-5-9-17(18)27-3;/h5-11,13,15H,4,12,14H2,1-3H3,(H,25,26)(H2,22,23,24);1H. The average Bonchev–Trinajstić information content (AvgIpc) is 2.71. The summed E-state index contributed by atoms with van der Waals surface area (Å²) in [6.07, 6.45) is 3.10. The molecule has 0 spiro atoms. The maximum atomic E-state index is 12.0. The van der Waals surface area contributed by atoms with Gasteiger partial charge in [0.25, 0.3) is 0 Å². The maximum absolute atomic E-state index is 12.0. The highest BCUT2D eigenvalue weighted by Gasteiger charge is 2.10. The number of aliphatic imine (C=N–C) groups is 1. The molecule has 1 aromatic carbocycles. The third-order valence-electron chi connectivity index (χ3n) is 3.62. The van der Waals surface area contributed by atoms with Crippen molar-refractivity contribution in [1.82, 2.24) is 15.6 Å². The summed E-state index contributed by atoms with van der Waals surface area (Å²) in [4.78, 5) is 20.3. The topological polar surface area (TPSA) is 96.9 Å². The van der Waals surface area contributed by atoms with E-state index in [1.54, 1.807) is 31.6 Å². The number of guanidine groups is 1. The number of nitrogens with zero attached hydrogens (tertiary/aromatic N) is 2. The van der Waals surface area contributed by atoms with Gasteiger partial charge in [-0.15, -0.1) is 24.0 Å². The van der Waals surface area contributed by atoms with Crippen LogP contribution in [0.15, 0.2) is 53.8 Å². The smallest absolute Gasteiger partial charge is 0.246 e. The highest BCUT2D eigenvalue weighted by molar-refractivity contribution is 14.0. The SMILES string of the molecule is CCNC(=NCC(=O)Nc1cccnc1)NCC(C)Oc1ccccc1OC.I. The number of hydrogen-bond donors (Lipinski definition) is 3. The number of methoxy groups -OCH3 is 1. The Morgan fingerprint density at radius 1 is 1.17 bits per heavy atom. The molecule has 0 aliphatic heterocycles. The maximum Gasteiger partial charge on any atom is 0.246 e. The van der Waals surface area contributed by atoms with E-state index in [1.807, 2.05) is 38.1 Å². The molecule has 0 radical (unpaired) electrons. The largest absolute Gasteiger partial charge is 0.493 e. The van der Waals surface area contributed by atoms with Gasteiger partial charge < -0.3 is 25.4 Å². The van der Waals surface area contributed by atoms with Crippen molar-refractivity contribution < 1.29 is 14.3 Å². The van der Waals surface area contributed by atoms with Gasteiger partial charge in [0.2, 0.25) is 5.91 Å². The van der Waals surface area contributed by atoms with Crippen LogP contribution in [0.2, 0.25) is 0 Å². The summed E-state index contributed by atoms with van der Waals surface area (Å²) in [5.74, 6) is 1.68. The van der Waals surface area contributed by atoms with Crippen LogP contribution in [0.3, 0.4) is 0 Å². The lowest BCUT2D eigenvalue weighted by Gasteiger charge is -2.19. The van der Waals surface area contributed by atoms with Crippen molar-refractivity contribution in [2.24, 2.45) is 4.99 Å². The summed E-state index contributed by atoms with van der Waals surface area (Å²) in [6.45, 7) is 5.08. The molecule has 2 rings (SSSR count). The normalized spacial score (nSPS) is 11.6. The summed E-state index contributed by atoms with van der Waals surface area (Å²) < 4.78 is 11.2. The summed E-state index contributed by atoms with van der Waals surface area (Å²) in [7, 11) is 1.61. The minimum absolute atomic E-state index is 0. The lowest BCUT2D eigenvalue weighted by molar-refractivity contribution is -0.114. The van der Waals surface area contributed by atoms with Crippen molar-refractivity contribution in [3.05, 3.63) is 48.8 Å². The zero-order valence-corrected chi connectivity index (χ0v) is 19.2. The van der Waals surface area contributed by atoms with Crippen molar-refractivity contribution in [3.8, 4) is 11.5 Å². The number of anilines is 1. The first-order valence-electron chi connectivity index (χ1n) is 9.14. The average molecular weight is 513 g/mol. The molecule has 2 aromatic rings. The van der Waals surface area contributed by atoms with Gasteiger partial charge in [-0.3, -0.25) is 9.78 Å². The fourth-order valence-corrected chi connectivity index (χ4v) is 2.34. The van der Waals surface area contributed by atoms with E-state index in [2.05, 4.69) is 25.9 Å². The van der Waals surface area contributed by atoms with Crippen LogP contribution >= 0.6 is 24.0 Å². The highest BCUT2D eigenvalue weighted by Crippen LogP contribution is 2.26. The van der Waals surface area contributed by atoms with E-state index in [0.717, 1.165) is 0 Å². The Morgan fingerprint density at radius 2 is 1.93 bits per heavy atom. The molecule has 0 aliphatic carbocycles. The predicted octanol–water partition coefficient (Wildman–Crippen LogP) is 2.67. The summed E-state index contributed by atoms with van der Waals surface area (Å²) >= 11 is 0. The summed E-state index contributed by atoms with van der Waals surface area (Å²) in [5.41, 5.74) is 0.638. The minimum Gasteiger partial charge on any atom is -0.493 e. The second-order valence-electron chi connectivity index (χ2n) is 5.95. The van der Waals surface area contributed by atoms with Crippen molar-refractivity contribution in [1.29, 1.82) is 0 Å². The third-order valence-corrected chi connectivity index (χ3v) is 3.62. The Morgan fingerprint density at radius 3 is 2.59 bits per heavy atom. The van der Waals surface area contributed by atoms with E-state index in [0.29, 0.717) is 36.2 Å². The number of ether oxygens (including phenoxy) is 2. The van der Waals surface area contributed by atoms with Gasteiger partial charge in [-0.1, -0.05) is 12.1 Å². The van der Waals surface area contributed by atoms with Crippen LogP contribution in [0.4, 0.5) is 5.69 Å². The highest BCUT2D eigenvalue weighted by atomic mass is 127. The van der Waals surface area contributed by atoms with E-state index in [9.17, 15) is 4.79 Å². The molecule has 8 nitrogen and oxygen atoms in total. The van der Waals surface area contributed by atoms with Crippen LogP contribution in [0.25, 0.3) is 0 Å². The molecule has 158 valence electrons. The fraction of sp³-hybridized carbons (Fsp3) is 0.350. The van der Waals surface area contributed by atoms with E-state index in [1.165, 1.54) is 0 Å². The number of benzene rings is 1. The molecule has 1 atom stereocenters. The van der Waals surface area contributed by atoms with Crippen molar-refractivity contribution in [2.75, 3.05) is 32.1 Å². The van der Waals surface area contributed by atoms with Gasteiger partial charge >= 0.3 is 0 Å². The zero-order chi connectivity index (χ0) is 20.2. The van der Waals surface area contributed by atoms with Crippen LogP contribution in [-0.2, 0) is 4.79 Å². The third kappa shape index (κ3) is 8.99. The lowest BCUT2D eigenvalue weighted by Crippen LogP contribution is -2.42. The number of nitrogens with one attached hydrogen (secondary N) is 3. The number of aromatic nitrogens is 1. The molecule has 9 heteroatoms. The predicted molar refractivity (Wildman–Crippen MR) is 125 cm³/mol. The summed E-state index contributed by atoms with van der Waals surface area (Å²) in [5, 5.41) is 9.03.